The number of nitrogens with zero attached hydrogens (tertiary/aromatic N) is 2. The second-order valence-corrected chi connectivity index (χ2v) is 5.31. The summed E-state index contributed by atoms with van der Waals surface area (Å²) in [5.74, 6) is 0.565. The first-order valence-corrected chi connectivity index (χ1v) is 5.82. The van der Waals surface area contributed by atoms with Gasteiger partial charge >= 0.3 is 6.18 Å². The van der Waals surface area contributed by atoms with Gasteiger partial charge < -0.3 is 15.0 Å². The molecule has 0 aromatic carbocycles. The summed E-state index contributed by atoms with van der Waals surface area (Å²) in [4.78, 5) is 4.05. The standard InChI is InChI=1S/C11H18F3N3O2/c1-10(2,3)8(15)9-16-7(19-17-9)4-5-18-6-11(12,13)14/h8H,4-6,15H2,1-3H3. The van der Waals surface area contributed by atoms with Crippen molar-refractivity contribution in [1.82, 2.24) is 10.1 Å². The van der Waals surface area contributed by atoms with Crippen LogP contribution in [0.25, 0.3) is 0 Å². The van der Waals surface area contributed by atoms with Gasteiger partial charge in [-0.25, -0.2) is 0 Å². The Labute approximate surface area is 109 Å². The van der Waals surface area contributed by atoms with Gasteiger partial charge in [0.25, 0.3) is 0 Å². The van der Waals surface area contributed by atoms with E-state index in [1.807, 2.05) is 20.8 Å². The Bertz CT molecular complexity index is 399. The zero-order valence-electron chi connectivity index (χ0n) is 11.1. The van der Waals surface area contributed by atoms with Gasteiger partial charge in [-0.05, 0) is 5.41 Å². The lowest BCUT2D eigenvalue weighted by Crippen LogP contribution is -2.27. The van der Waals surface area contributed by atoms with Gasteiger partial charge in [0.2, 0.25) is 5.89 Å². The summed E-state index contributed by atoms with van der Waals surface area (Å²) >= 11 is 0. The molecule has 0 saturated heterocycles. The molecule has 0 aliphatic carbocycles. The molecule has 19 heavy (non-hydrogen) atoms. The summed E-state index contributed by atoms with van der Waals surface area (Å²) in [6.45, 7) is 4.38. The van der Waals surface area contributed by atoms with Crippen molar-refractivity contribution in [1.29, 1.82) is 0 Å². The van der Waals surface area contributed by atoms with Crippen molar-refractivity contribution in [3.05, 3.63) is 11.7 Å². The molecule has 1 aromatic heterocycles. The minimum atomic E-state index is -4.32. The molecule has 0 aliphatic rings. The van der Waals surface area contributed by atoms with Crippen LogP contribution in [0, 0.1) is 5.41 Å². The third-order valence-electron chi connectivity index (χ3n) is 2.42. The molecule has 1 atom stereocenters. The lowest BCUT2D eigenvalue weighted by molar-refractivity contribution is -0.173. The van der Waals surface area contributed by atoms with E-state index in [4.69, 9.17) is 10.3 Å². The van der Waals surface area contributed by atoms with Crippen LogP contribution in [0.1, 0.15) is 38.5 Å². The highest BCUT2D eigenvalue weighted by Crippen LogP contribution is 2.28. The van der Waals surface area contributed by atoms with E-state index in [1.165, 1.54) is 0 Å². The molecule has 2 N–H and O–H groups in total. The number of aromatic nitrogens is 2. The van der Waals surface area contributed by atoms with Gasteiger partial charge in [-0.1, -0.05) is 25.9 Å². The van der Waals surface area contributed by atoms with Crippen molar-refractivity contribution >= 4 is 0 Å². The normalized spacial score (nSPS) is 14.7. The van der Waals surface area contributed by atoms with Crippen LogP contribution >= 0.6 is 0 Å². The quantitative estimate of drug-likeness (QED) is 0.838. The first kappa shape index (κ1) is 15.9. The van der Waals surface area contributed by atoms with Crippen molar-refractivity contribution in [2.24, 2.45) is 11.1 Å². The maximum absolute atomic E-state index is 11.8. The summed E-state index contributed by atoms with van der Waals surface area (Å²) in [7, 11) is 0. The zero-order chi connectivity index (χ0) is 14.7. The highest BCUT2D eigenvalue weighted by atomic mass is 19.4. The molecule has 0 amide bonds. The Morgan fingerprint density at radius 3 is 2.47 bits per heavy atom. The van der Waals surface area contributed by atoms with Gasteiger partial charge in [-0.15, -0.1) is 0 Å². The van der Waals surface area contributed by atoms with Crippen LogP contribution in [0.15, 0.2) is 4.52 Å². The number of hydrogen-bond acceptors (Lipinski definition) is 5. The Morgan fingerprint density at radius 2 is 1.95 bits per heavy atom. The van der Waals surface area contributed by atoms with E-state index in [0.717, 1.165) is 0 Å². The van der Waals surface area contributed by atoms with E-state index < -0.39 is 18.8 Å². The second kappa shape index (κ2) is 5.87. The molecule has 0 fully saturated rings. The van der Waals surface area contributed by atoms with Gasteiger partial charge in [0.15, 0.2) is 5.82 Å². The average molecular weight is 281 g/mol. The smallest absolute Gasteiger partial charge is 0.372 e. The molecule has 0 radical (unpaired) electrons. The van der Waals surface area contributed by atoms with Crippen molar-refractivity contribution in [2.75, 3.05) is 13.2 Å². The van der Waals surface area contributed by atoms with Crippen LogP contribution in [0.3, 0.4) is 0 Å². The summed E-state index contributed by atoms with van der Waals surface area (Å²) in [5, 5.41) is 3.72. The lowest BCUT2D eigenvalue weighted by Gasteiger charge is -2.23. The van der Waals surface area contributed by atoms with Gasteiger partial charge in [0, 0.05) is 0 Å². The summed E-state index contributed by atoms with van der Waals surface area (Å²) in [6.07, 6.45) is -4.20. The Morgan fingerprint density at radius 1 is 1.32 bits per heavy atom. The Kier molecular flexibility index (Phi) is 4.92. The number of alkyl halides is 3. The van der Waals surface area contributed by atoms with E-state index in [9.17, 15) is 13.2 Å². The molecule has 5 nitrogen and oxygen atoms in total. The van der Waals surface area contributed by atoms with Gasteiger partial charge in [0.05, 0.1) is 19.1 Å². The van der Waals surface area contributed by atoms with Crippen molar-refractivity contribution in [2.45, 2.75) is 39.4 Å². The average Bonchev–Trinajstić information content (AvgIpc) is 2.69. The molecule has 110 valence electrons. The molecule has 0 aliphatic heterocycles. The second-order valence-electron chi connectivity index (χ2n) is 5.31. The Balaban J connectivity index is 2.43. The highest BCUT2D eigenvalue weighted by Gasteiger charge is 2.28. The van der Waals surface area contributed by atoms with Gasteiger partial charge in [0.1, 0.15) is 6.61 Å². The van der Waals surface area contributed by atoms with E-state index in [-0.39, 0.29) is 24.3 Å². The van der Waals surface area contributed by atoms with Crippen LogP contribution in [0.4, 0.5) is 13.2 Å². The van der Waals surface area contributed by atoms with E-state index in [0.29, 0.717) is 5.82 Å². The monoisotopic (exact) mass is 281 g/mol. The number of hydrogen-bond donors (Lipinski definition) is 1. The fourth-order valence-corrected chi connectivity index (χ4v) is 1.23. The van der Waals surface area contributed by atoms with Crippen LogP contribution < -0.4 is 5.73 Å². The van der Waals surface area contributed by atoms with Crippen molar-refractivity contribution in [3.8, 4) is 0 Å². The van der Waals surface area contributed by atoms with Crippen LogP contribution in [-0.2, 0) is 11.2 Å². The minimum absolute atomic E-state index is 0.125. The first-order valence-electron chi connectivity index (χ1n) is 5.82. The summed E-state index contributed by atoms with van der Waals surface area (Å²) in [5.41, 5.74) is 5.70. The maximum Gasteiger partial charge on any atom is 0.411 e. The topological polar surface area (TPSA) is 74.2 Å². The predicted octanol–water partition coefficient (Wildman–Crippen LogP) is 2.24. The third kappa shape index (κ3) is 5.56. The van der Waals surface area contributed by atoms with Crippen LogP contribution in [-0.4, -0.2) is 29.5 Å². The zero-order valence-corrected chi connectivity index (χ0v) is 11.1. The van der Waals surface area contributed by atoms with Crippen LogP contribution in [0.5, 0.6) is 0 Å². The van der Waals surface area contributed by atoms with E-state index in [2.05, 4.69) is 14.9 Å². The number of halogens is 3. The summed E-state index contributed by atoms with van der Waals surface area (Å²) < 4.78 is 44.9. The highest BCUT2D eigenvalue weighted by molar-refractivity contribution is 4.98. The molecule has 1 unspecified atom stereocenters. The molecule has 8 heteroatoms. The molecular formula is C11H18F3N3O2. The summed E-state index contributed by atoms with van der Waals surface area (Å²) in [6, 6.07) is -0.402. The molecular weight excluding hydrogens is 263 g/mol. The Hall–Kier alpha value is -1.15. The third-order valence-corrected chi connectivity index (χ3v) is 2.42. The number of nitrogens with two attached hydrogens (primary N) is 1. The van der Waals surface area contributed by atoms with E-state index in [1.54, 1.807) is 0 Å². The molecule has 0 spiro atoms. The van der Waals surface area contributed by atoms with Gasteiger partial charge in [-0.2, -0.15) is 18.2 Å². The van der Waals surface area contributed by atoms with Gasteiger partial charge in [-0.3, -0.25) is 0 Å². The lowest BCUT2D eigenvalue weighted by atomic mass is 9.87. The SMILES string of the molecule is CC(C)(C)C(N)c1noc(CCOCC(F)(F)F)n1. The van der Waals surface area contributed by atoms with E-state index >= 15 is 0 Å². The molecule has 1 heterocycles. The maximum atomic E-state index is 11.8. The fourth-order valence-electron chi connectivity index (χ4n) is 1.23. The molecule has 0 saturated carbocycles. The largest absolute Gasteiger partial charge is 0.411 e. The number of rotatable bonds is 5. The molecule has 0 bridgehead atoms. The van der Waals surface area contributed by atoms with Crippen molar-refractivity contribution < 1.29 is 22.4 Å². The molecule has 1 aromatic rings. The first-order chi connectivity index (χ1) is 8.59. The number of ether oxygens (including phenoxy) is 1. The van der Waals surface area contributed by atoms with Crippen molar-refractivity contribution in [3.63, 3.8) is 0 Å². The van der Waals surface area contributed by atoms with Crippen LogP contribution in [0.2, 0.25) is 0 Å². The predicted molar refractivity (Wildman–Crippen MR) is 61.3 cm³/mol. The fraction of sp³-hybridized carbons (Fsp3) is 0.818. The minimum Gasteiger partial charge on any atom is -0.372 e. The molecule has 1 rings (SSSR count).